The van der Waals surface area contributed by atoms with Crippen LogP contribution in [-0.4, -0.2) is 36.4 Å². The molecule has 2 aromatic rings. The van der Waals surface area contributed by atoms with Gasteiger partial charge in [0.1, 0.15) is 11.8 Å². The van der Waals surface area contributed by atoms with Crippen molar-refractivity contribution in [2.75, 3.05) is 24.3 Å². The van der Waals surface area contributed by atoms with Crippen LogP contribution in [0.1, 0.15) is 24.3 Å². The molecule has 0 saturated carbocycles. The zero-order valence-electron chi connectivity index (χ0n) is 15.2. The van der Waals surface area contributed by atoms with E-state index in [2.05, 4.69) is 22.1 Å². The number of nitrogens with one attached hydrogen (secondary N) is 2. The second-order valence-electron chi connectivity index (χ2n) is 6.34. The quantitative estimate of drug-likeness (QED) is 0.845. The van der Waals surface area contributed by atoms with Gasteiger partial charge >= 0.3 is 0 Å². The predicted molar refractivity (Wildman–Crippen MR) is 104 cm³/mol. The monoisotopic (exact) mass is 373 g/mol. The normalized spacial score (nSPS) is 14.3. The smallest absolute Gasteiger partial charge is 0.245 e. The zero-order valence-corrected chi connectivity index (χ0v) is 16.0. The molecule has 1 aliphatic rings. The van der Waals surface area contributed by atoms with E-state index in [9.17, 15) is 9.59 Å². The summed E-state index contributed by atoms with van der Waals surface area (Å²) in [4.78, 5) is 27.3. The molecule has 0 radical (unpaired) electrons. The Morgan fingerprint density at radius 3 is 2.85 bits per heavy atom. The Kier molecular flexibility index (Phi) is 5.46. The molecule has 1 aromatic carbocycles. The van der Waals surface area contributed by atoms with Crippen LogP contribution in [0.5, 0.6) is 5.75 Å². The number of ether oxygens (including phenoxy) is 1. The van der Waals surface area contributed by atoms with Gasteiger partial charge < -0.3 is 20.3 Å². The highest BCUT2D eigenvalue weighted by atomic mass is 32.1. The number of methoxy groups -OCH3 is 1. The van der Waals surface area contributed by atoms with Crippen molar-refractivity contribution in [3.63, 3.8) is 0 Å². The largest absolute Gasteiger partial charge is 0.494 e. The van der Waals surface area contributed by atoms with Crippen molar-refractivity contribution >= 4 is 34.5 Å². The fraction of sp³-hybridized carbons (Fsp3) is 0.368. The maximum Gasteiger partial charge on any atom is 0.245 e. The lowest BCUT2D eigenvalue weighted by Gasteiger charge is -2.30. The van der Waals surface area contributed by atoms with Crippen LogP contribution in [0.25, 0.3) is 0 Å². The van der Waals surface area contributed by atoms with Crippen molar-refractivity contribution in [2.24, 2.45) is 0 Å². The van der Waals surface area contributed by atoms with Gasteiger partial charge in [-0.25, -0.2) is 0 Å². The first-order chi connectivity index (χ1) is 12.5. The molecule has 138 valence electrons. The van der Waals surface area contributed by atoms with Gasteiger partial charge in [0.15, 0.2) is 0 Å². The number of carbonyl (C=O) groups excluding carboxylic acids is 2. The summed E-state index contributed by atoms with van der Waals surface area (Å²) in [5.41, 5.74) is 2.62. The van der Waals surface area contributed by atoms with E-state index in [4.69, 9.17) is 4.74 Å². The molecule has 0 saturated heterocycles. The zero-order chi connectivity index (χ0) is 18.7. The number of nitrogens with zero attached hydrogens (tertiary/aromatic N) is 1. The van der Waals surface area contributed by atoms with E-state index in [0.29, 0.717) is 18.0 Å². The Morgan fingerprint density at radius 1 is 1.31 bits per heavy atom. The van der Waals surface area contributed by atoms with Gasteiger partial charge in [-0.1, -0.05) is 0 Å². The number of thiophene rings is 1. The predicted octanol–water partition coefficient (Wildman–Crippen LogP) is 3.10. The minimum atomic E-state index is -0.355. The van der Waals surface area contributed by atoms with Gasteiger partial charge in [-0.15, -0.1) is 11.3 Å². The molecule has 6 nitrogen and oxygen atoms in total. The van der Waals surface area contributed by atoms with Crippen molar-refractivity contribution in [1.82, 2.24) is 4.90 Å². The van der Waals surface area contributed by atoms with Gasteiger partial charge in [-0.3, -0.25) is 9.59 Å². The lowest BCUT2D eigenvalue weighted by Crippen LogP contribution is -2.43. The summed E-state index contributed by atoms with van der Waals surface area (Å²) in [5.74, 6) is 0.461. The molecular weight excluding hydrogens is 350 g/mol. The molecule has 0 spiro atoms. The highest BCUT2D eigenvalue weighted by Gasteiger charge is 2.25. The van der Waals surface area contributed by atoms with Gasteiger partial charge in [0.2, 0.25) is 11.8 Å². The molecule has 0 fully saturated rings. The molecule has 3 rings (SSSR count). The summed E-state index contributed by atoms with van der Waals surface area (Å²) < 4.78 is 5.33. The molecule has 0 aliphatic carbocycles. The molecule has 26 heavy (non-hydrogen) atoms. The second-order valence-corrected chi connectivity index (χ2v) is 7.34. The third-order valence-electron chi connectivity index (χ3n) is 4.39. The van der Waals surface area contributed by atoms with Crippen molar-refractivity contribution in [3.05, 3.63) is 40.1 Å². The minimum Gasteiger partial charge on any atom is -0.494 e. The third kappa shape index (κ3) is 3.99. The van der Waals surface area contributed by atoms with Crippen molar-refractivity contribution < 1.29 is 14.3 Å². The number of anilines is 2. The summed E-state index contributed by atoms with van der Waals surface area (Å²) in [5, 5.41) is 8.04. The van der Waals surface area contributed by atoms with E-state index in [-0.39, 0.29) is 17.9 Å². The highest BCUT2D eigenvalue weighted by Crippen LogP contribution is 2.29. The van der Waals surface area contributed by atoms with E-state index in [1.54, 1.807) is 30.6 Å². The van der Waals surface area contributed by atoms with Crippen LogP contribution in [0, 0.1) is 0 Å². The fourth-order valence-electron chi connectivity index (χ4n) is 3.10. The van der Waals surface area contributed by atoms with Crippen molar-refractivity contribution in [2.45, 2.75) is 32.9 Å². The van der Waals surface area contributed by atoms with Crippen LogP contribution in [0.4, 0.5) is 11.4 Å². The first kappa shape index (κ1) is 18.3. The van der Waals surface area contributed by atoms with Gasteiger partial charge in [-0.05, 0) is 42.5 Å². The Bertz CT molecular complexity index is 818. The molecule has 2 N–H and O–H groups in total. The number of benzene rings is 1. The standard InChI is InChI=1S/C19H23N3O3S/c1-12(19(24)22-8-6-18-14(11-22)7-9-26-18)20-15-4-5-16(21-13(2)23)17(10-15)25-3/h4-5,7,9-10,12,20H,6,8,11H2,1-3H3,(H,21,23)/t12-/m1/s1. The number of hydrogen-bond acceptors (Lipinski definition) is 5. The van der Waals surface area contributed by atoms with Gasteiger partial charge in [-0.2, -0.15) is 0 Å². The minimum absolute atomic E-state index is 0.0757. The van der Waals surface area contributed by atoms with Crippen LogP contribution in [-0.2, 0) is 22.6 Å². The molecule has 7 heteroatoms. The maximum absolute atomic E-state index is 12.8. The summed E-state index contributed by atoms with van der Waals surface area (Å²) in [6.45, 7) is 4.74. The van der Waals surface area contributed by atoms with Crippen LogP contribution >= 0.6 is 11.3 Å². The maximum atomic E-state index is 12.8. The molecule has 1 aromatic heterocycles. The molecule has 1 atom stereocenters. The van der Waals surface area contributed by atoms with E-state index < -0.39 is 0 Å². The molecule has 0 bridgehead atoms. The van der Waals surface area contributed by atoms with E-state index in [1.807, 2.05) is 17.9 Å². The first-order valence-electron chi connectivity index (χ1n) is 8.54. The van der Waals surface area contributed by atoms with Gasteiger partial charge in [0.05, 0.1) is 12.8 Å². The van der Waals surface area contributed by atoms with E-state index >= 15 is 0 Å². The number of fused-ring (bicyclic) bond motifs is 1. The topological polar surface area (TPSA) is 70.7 Å². The number of hydrogen-bond donors (Lipinski definition) is 2. The molecular formula is C19H23N3O3S. The highest BCUT2D eigenvalue weighted by molar-refractivity contribution is 7.10. The summed E-state index contributed by atoms with van der Waals surface area (Å²) in [6.07, 6.45) is 0.921. The Labute approximate surface area is 157 Å². The van der Waals surface area contributed by atoms with Crippen LogP contribution in [0.15, 0.2) is 29.6 Å². The van der Waals surface area contributed by atoms with Gasteiger partial charge in [0.25, 0.3) is 0 Å². The average Bonchev–Trinajstić information content (AvgIpc) is 3.09. The van der Waals surface area contributed by atoms with Crippen LogP contribution in [0.2, 0.25) is 0 Å². The van der Waals surface area contributed by atoms with Crippen LogP contribution < -0.4 is 15.4 Å². The van der Waals surface area contributed by atoms with Crippen molar-refractivity contribution in [3.8, 4) is 5.75 Å². The van der Waals surface area contributed by atoms with E-state index in [0.717, 1.165) is 18.7 Å². The molecule has 2 heterocycles. The Balaban J connectivity index is 1.66. The Morgan fingerprint density at radius 2 is 2.12 bits per heavy atom. The summed E-state index contributed by atoms with van der Waals surface area (Å²) >= 11 is 1.76. The number of amides is 2. The number of carbonyl (C=O) groups is 2. The Hall–Kier alpha value is -2.54. The van der Waals surface area contributed by atoms with Crippen LogP contribution in [0.3, 0.4) is 0 Å². The molecule has 0 unspecified atom stereocenters. The average molecular weight is 373 g/mol. The van der Waals surface area contributed by atoms with E-state index in [1.165, 1.54) is 17.4 Å². The van der Waals surface area contributed by atoms with Gasteiger partial charge in [0, 0.05) is 36.6 Å². The number of rotatable bonds is 5. The third-order valence-corrected chi connectivity index (χ3v) is 5.41. The molecule has 1 aliphatic heterocycles. The molecule has 2 amide bonds. The lowest BCUT2D eigenvalue weighted by atomic mass is 10.1. The first-order valence-corrected chi connectivity index (χ1v) is 9.42. The van der Waals surface area contributed by atoms with Crippen molar-refractivity contribution in [1.29, 1.82) is 0 Å². The fourth-order valence-corrected chi connectivity index (χ4v) is 3.99. The second kappa shape index (κ2) is 7.78. The SMILES string of the molecule is COc1cc(N[C@H](C)C(=O)N2CCc3sccc3C2)ccc1NC(C)=O. The lowest BCUT2D eigenvalue weighted by molar-refractivity contribution is -0.132. The summed E-state index contributed by atoms with van der Waals surface area (Å²) in [7, 11) is 1.55. The summed E-state index contributed by atoms with van der Waals surface area (Å²) in [6, 6.07) is 7.11.